The van der Waals surface area contributed by atoms with Crippen molar-refractivity contribution in [2.45, 2.75) is 22.9 Å². The number of benzene rings is 2. The van der Waals surface area contributed by atoms with Crippen LogP contribution in [0.1, 0.15) is 27.2 Å². The van der Waals surface area contributed by atoms with Crippen LogP contribution < -0.4 is 11.3 Å². The first-order valence-corrected chi connectivity index (χ1v) is 9.85. The van der Waals surface area contributed by atoms with Crippen molar-refractivity contribution in [2.75, 3.05) is 0 Å². The predicted molar refractivity (Wildman–Crippen MR) is 107 cm³/mol. The van der Waals surface area contributed by atoms with Crippen LogP contribution in [-0.4, -0.2) is 15.1 Å². The van der Waals surface area contributed by atoms with Gasteiger partial charge >= 0.3 is 6.18 Å². The fraction of sp³-hybridized carbons (Fsp3) is 0.0952. The normalized spacial score (nSPS) is 12.2. The molecule has 2 aromatic carbocycles. The van der Waals surface area contributed by atoms with E-state index in [0.717, 1.165) is 18.2 Å². The number of alkyl halides is 3. The molecule has 0 aliphatic rings. The van der Waals surface area contributed by atoms with Gasteiger partial charge in [-0.3, -0.25) is 9.59 Å². The van der Waals surface area contributed by atoms with E-state index in [1.165, 1.54) is 37.3 Å². The monoisotopic (exact) mass is 445 g/mol. The second-order valence-electron chi connectivity index (χ2n) is 6.51. The molecule has 10 heteroatoms. The summed E-state index contributed by atoms with van der Waals surface area (Å²) in [6, 6.07) is 11.6. The van der Waals surface area contributed by atoms with E-state index in [1.54, 1.807) is 0 Å². The topological polar surface area (TPSA) is 117 Å². The minimum atomic E-state index is -4.68. The van der Waals surface area contributed by atoms with Crippen LogP contribution in [0.15, 0.2) is 63.1 Å². The highest BCUT2D eigenvalue weighted by Gasteiger charge is 2.32. The number of nitriles is 1. The molecule has 0 aliphatic heterocycles. The number of aromatic nitrogens is 1. The van der Waals surface area contributed by atoms with Crippen molar-refractivity contribution >= 4 is 16.7 Å². The third kappa shape index (κ3) is 4.27. The lowest BCUT2D eigenvalue weighted by molar-refractivity contribution is -0.137. The number of primary amides is 1. The first-order chi connectivity index (χ1) is 14.5. The highest BCUT2D eigenvalue weighted by atomic mass is 32.2. The van der Waals surface area contributed by atoms with Gasteiger partial charge in [-0.25, -0.2) is 4.21 Å². The Hall–Kier alpha value is -3.71. The SMILES string of the molecule is Cc1[nH]c(=O)c(C(N)=O)c(-c2cccc(C(F)(F)F)c2)c1S(=O)c1ccc(C#N)cc1. The lowest BCUT2D eigenvalue weighted by Gasteiger charge is -2.17. The molecule has 0 spiro atoms. The molecule has 1 amide bonds. The molecule has 1 atom stereocenters. The summed E-state index contributed by atoms with van der Waals surface area (Å²) in [6.07, 6.45) is -4.68. The van der Waals surface area contributed by atoms with E-state index >= 15 is 0 Å². The number of hydrogen-bond acceptors (Lipinski definition) is 4. The molecule has 0 fully saturated rings. The third-order valence-electron chi connectivity index (χ3n) is 4.45. The molecular formula is C21H14F3N3O3S. The van der Waals surface area contributed by atoms with Gasteiger partial charge in [-0.15, -0.1) is 0 Å². The van der Waals surface area contributed by atoms with E-state index < -0.39 is 39.6 Å². The van der Waals surface area contributed by atoms with Crippen LogP contribution in [0.3, 0.4) is 0 Å². The van der Waals surface area contributed by atoms with Crippen molar-refractivity contribution in [3.8, 4) is 17.2 Å². The number of amides is 1. The Bertz CT molecular complexity index is 1310. The minimum absolute atomic E-state index is 0.0579. The Morgan fingerprint density at radius 3 is 2.35 bits per heavy atom. The van der Waals surface area contributed by atoms with Crippen LogP contribution in [-0.2, 0) is 17.0 Å². The molecule has 0 saturated heterocycles. The van der Waals surface area contributed by atoms with Crippen LogP contribution in [0.5, 0.6) is 0 Å². The van der Waals surface area contributed by atoms with E-state index in [2.05, 4.69) is 4.98 Å². The van der Waals surface area contributed by atoms with Crippen LogP contribution in [0.4, 0.5) is 13.2 Å². The van der Waals surface area contributed by atoms with Gasteiger partial charge in [-0.2, -0.15) is 18.4 Å². The third-order valence-corrected chi connectivity index (χ3v) is 6.04. The summed E-state index contributed by atoms with van der Waals surface area (Å²) in [6.45, 7) is 1.42. The summed E-state index contributed by atoms with van der Waals surface area (Å²) >= 11 is 0. The number of carbonyl (C=O) groups is 1. The number of rotatable bonds is 4. The lowest BCUT2D eigenvalue weighted by atomic mass is 9.98. The van der Waals surface area contributed by atoms with Gasteiger partial charge in [0.1, 0.15) is 5.56 Å². The molecule has 1 heterocycles. The average molecular weight is 445 g/mol. The number of aryl methyl sites for hydroxylation is 1. The van der Waals surface area contributed by atoms with Crippen molar-refractivity contribution in [3.63, 3.8) is 0 Å². The standard InChI is InChI=1S/C21H14F3N3O3S/c1-11-18(31(30)15-7-5-12(10-25)6-8-15)16(17(19(26)28)20(29)27-11)13-3-2-4-14(9-13)21(22,23)24/h2-9H,1H3,(H2,26,28)(H,27,29). The van der Waals surface area contributed by atoms with Gasteiger partial charge in [0.05, 0.1) is 32.9 Å². The van der Waals surface area contributed by atoms with E-state index in [9.17, 15) is 27.0 Å². The highest BCUT2D eigenvalue weighted by Crippen LogP contribution is 2.36. The molecule has 0 bridgehead atoms. The first-order valence-electron chi connectivity index (χ1n) is 8.71. The molecule has 1 unspecified atom stereocenters. The molecule has 6 nitrogen and oxygen atoms in total. The van der Waals surface area contributed by atoms with E-state index in [0.29, 0.717) is 5.56 Å². The Kier molecular flexibility index (Phi) is 5.81. The number of carbonyl (C=O) groups excluding carboxylic acids is 1. The molecule has 3 aromatic rings. The maximum absolute atomic E-state index is 13.4. The Labute approximate surface area is 176 Å². The minimum Gasteiger partial charge on any atom is -0.365 e. The van der Waals surface area contributed by atoms with Crippen LogP contribution in [0.25, 0.3) is 11.1 Å². The van der Waals surface area contributed by atoms with E-state index in [1.807, 2.05) is 6.07 Å². The predicted octanol–water partition coefficient (Wildman–Crippen LogP) is 3.51. The van der Waals surface area contributed by atoms with E-state index in [-0.39, 0.29) is 26.6 Å². The number of nitrogens with two attached hydrogens (primary N) is 1. The van der Waals surface area contributed by atoms with Gasteiger partial charge in [0.2, 0.25) is 0 Å². The summed E-state index contributed by atoms with van der Waals surface area (Å²) in [7, 11) is -2.01. The number of hydrogen-bond donors (Lipinski definition) is 2. The zero-order valence-electron chi connectivity index (χ0n) is 15.9. The Balaban J connectivity index is 2.36. The quantitative estimate of drug-likeness (QED) is 0.639. The second-order valence-corrected chi connectivity index (χ2v) is 7.92. The number of H-pyrrole nitrogens is 1. The molecule has 158 valence electrons. The fourth-order valence-electron chi connectivity index (χ4n) is 3.07. The Morgan fingerprint density at radius 2 is 1.81 bits per heavy atom. The summed E-state index contributed by atoms with van der Waals surface area (Å²) in [5.41, 5.74) is 2.90. The van der Waals surface area contributed by atoms with Gasteiger partial charge in [0.15, 0.2) is 0 Å². The van der Waals surface area contributed by atoms with E-state index in [4.69, 9.17) is 11.0 Å². The number of aromatic amines is 1. The highest BCUT2D eigenvalue weighted by molar-refractivity contribution is 7.85. The summed E-state index contributed by atoms with van der Waals surface area (Å²) in [5.74, 6) is -1.17. The van der Waals surface area contributed by atoms with Gasteiger partial charge in [-0.1, -0.05) is 12.1 Å². The van der Waals surface area contributed by atoms with Crippen LogP contribution in [0.2, 0.25) is 0 Å². The van der Waals surface area contributed by atoms with Gasteiger partial charge in [0.25, 0.3) is 11.5 Å². The molecule has 1 aromatic heterocycles. The maximum atomic E-state index is 13.4. The van der Waals surface area contributed by atoms with Crippen molar-refractivity contribution in [1.29, 1.82) is 5.26 Å². The summed E-state index contributed by atoms with van der Waals surface area (Å²) < 4.78 is 53.1. The molecule has 0 saturated carbocycles. The van der Waals surface area contributed by atoms with Crippen molar-refractivity contribution < 1.29 is 22.2 Å². The lowest BCUT2D eigenvalue weighted by Crippen LogP contribution is -2.27. The molecule has 0 radical (unpaired) electrons. The van der Waals surface area contributed by atoms with Gasteiger partial charge in [0, 0.05) is 16.2 Å². The zero-order chi connectivity index (χ0) is 22.9. The molecule has 0 aliphatic carbocycles. The van der Waals surface area contributed by atoms with Gasteiger partial charge in [-0.05, 0) is 48.9 Å². The molecule has 3 N–H and O–H groups in total. The first kappa shape index (κ1) is 22.0. The summed E-state index contributed by atoms with van der Waals surface area (Å²) in [4.78, 5) is 27.0. The molecule has 31 heavy (non-hydrogen) atoms. The number of pyridine rings is 1. The number of nitrogens with one attached hydrogen (secondary N) is 1. The molecular weight excluding hydrogens is 431 g/mol. The maximum Gasteiger partial charge on any atom is 0.416 e. The van der Waals surface area contributed by atoms with Crippen LogP contribution in [0, 0.1) is 18.3 Å². The number of halogens is 3. The largest absolute Gasteiger partial charge is 0.416 e. The zero-order valence-corrected chi connectivity index (χ0v) is 16.7. The summed E-state index contributed by atoms with van der Waals surface area (Å²) in [5, 5.41) is 8.93. The van der Waals surface area contributed by atoms with Crippen molar-refractivity contribution in [3.05, 3.63) is 81.3 Å². The van der Waals surface area contributed by atoms with Crippen molar-refractivity contribution in [2.24, 2.45) is 5.73 Å². The second kappa shape index (κ2) is 8.20. The van der Waals surface area contributed by atoms with Crippen molar-refractivity contribution in [1.82, 2.24) is 4.98 Å². The Morgan fingerprint density at radius 1 is 1.16 bits per heavy atom. The fourth-order valence-corrected chi connectivity index (χ4v) is 4.42. The average Bonchev–Trinajstić information content (AvgIpc) is 2.72. The molecule has 3 rings (SSSR count). The smallest absolute Gasteiger partial charge is 0.365 e. The number of nitrogens with zero attached hydrogens (tertiary/aromatic N) is 1. The van der Waals surface area contributed by atoms with Gasteiger partial charge < -0.3 is 10.7 Å². The van der Waals surface area contributed by atoms with Crippen LogP contribution >= 0.6 is 0 Å².